The van der Waals surface area contributed by atoms with Crippen LogP contribution in [0.5, 0.6) is 0 Å². The molecule has 112 valence electrons. The van der Waals surface area contributed by atoms with Crippen LogP contribution in [0.3, 0.4) is 0 Å². The zero-order chi connectivity index (χ0) is 14.5. The normalized spacial score (nSPS) is 23.1. The maximum absolute atomic E-state index is 5.97. The Bertz CT molecular complexity index is 404. The molecule has 0 aromatic heterocycles. The summed E-state index contributed by atoms with van der Waals surface area (Å²) in [6.45, 7) is 7.91. The summed E-state index contributed by atoms with van der Waals surface area (Å²) in [6, 6.07) is 8.67. The Hall–Kier alpha value is -0.570. The van der Waals surface area contributed by atoms with Crippen LogP contribution < -0.4 is 5.32 Å². The summed E-state index contributed by atoms with van der Waals surface area (Å²) < 4.78 is 0. The van der Waals surface area contributed by atoms with Crippen molar-refractivity contribution in [2.24, 2.45) is 11.8 Å². The number of hydrogen-bond acceptors (Lipinski definition) is 2. The van der Waals surface area contributed by atoms with Gasteiger partial charge in [-0.2, -0.15) is 0 Å². The Kier molecular flexibility index (Phi) is 5.88. The molecule has 0 bridgehead atoms. The highest BCUT2D eigenvalue weighted by Crippen LogP contribution is 2.38. The molecule has 20 heavy (non-hydrogen) atoms. The van der Waals surface area contributed by atoms with Crippen molar-refractivity contribution in [1.82, 2.24) is 10.2 Å². The van der Waals surface area contributed by atoms with E-state index in [2.05, 4.69) is 43.2 Å². The van der Waals surface area contributed by atoms with Gasteiger partial charge < -0.3 is 10.2 Å². The van der Waals surface area contributed by atoms with Gasteiger partial charge in [0.05, 0.1) is 0 Å². The van der Waals surface area contributed by atoms with E-state index in [0.717, 1.165) is 36.4 Å². The van der Waals surface area contributed by atoms with Crippen molar-refractivity contribution in [3.63, 3.8) is 0 Å². The monoisotopic (exact) mass is 294 g/mol. The molecule has 1 aliphatic rings. The van der Waals surface area contributed by atoms with Crippen LogP contribution in [0.1, 0.15) is 38.3 Å². The van der Waals surface area contributed by atoms with Crippen molar-refractivity contribution in [3.05, 3.63) is 34.9 Å². The van der Waals surface area contributed by atoms with Gasteiger partial charge in [0, 0.05) is 17.6 Å². The molecule has 0 heterocycles. The fraction of sp³-hybridized carbons (Fsp3) is 0.647. The maximum Gasteiger partial charge on any atom is 0.0406 e. The van der Waals surface area contributed by atoms with Crippen LogP contribution in [0.4, 0.5) is 0 Å². The third-order valence-corrected chi connectivity index (χ3v) is 4.60. The van der Waals surface area contributed by atoms with Gasteiger partial charge in [0.15, 0.2) is 0 Å². The second-order valence-electron chi connectivity index (χ2n) is 6.19. The first kappa shape index (κ1) is 15.8. The van der Waals surface area contributed by atoms with Crippen molar-refractivity contribution in [2.45, 2.75) is 32.7 Å². The molecule has 1 saturated carbocycles. The molecular formula is C17H27ClN2. The summed E-state index contributed by atoms with van der Waals surface area (Å²) in [6.07, 6.45) is 2.56. The van der Waals surface area contributed by atoms with Crippen LogP contribution >= 0.6 is 11.6 Å². The van der Waals surface area contributed by atoms with Gasteiger partial charge in [-0.1, -0.05) is 37.6 Å². The molecule has 2 nitrogen and oxygen atoms in total. The zero-order valence-corrected chi connectivity index (χ0v) is 13.7. The minimum atomic E-state index is 0.427. The van der Waals surface area contributed by atoms with Crippen molar-refractivity contribution in [1.29, 1.82) is 0 Å². The van der Waals surface area contributed by atoms with Crippen LogP contribution in [0.2, 0.25) is 5.02 Å². The van der Waals surface area contributed by atoms with E-state index < -0.39 is 0 Å². The van der Waals surface area contributed by atoms with Crippen LogP contribution in [0.15, 0.2) is 24.3 Å². The molecule has 3 atom stereocenters. The first-order valence-corrected chi connectivity index (χ1v) is 8.15. The molecule has 0 saturated heterocycles. The van der Waals surface area contributed by atoms with E-state index >= 15 is 0 Å². The Morgan fingerprint density at radius 1 is 1.35 bits per heavy atom. The number of hydrogen-bond donors (Lipinski definition) is 1. The van der Waals surface area contributed by atoms with E-state index in [9.17, 15) is 0 Å². The fourth-order valence-corrected chi connectivity index (χ4v) is 2.95. The molecule has 0 aliphatic heterocycles. The largest absolute Gasteiger partial charge is 0.310 e. The third kappa shape index (κ3) is 4.76. The van der Waals surface area contributed by atoms with Gasteiger partial charge in [-0.3, -0.25) is 0 Å². The second-order valence-corrected chi connectivity index (χ2v) is 6.62. The summed E-state index contributed by atoms with van der Waals surface area (Å²) in [5.74, 6) is 1.88. The van der Waals surface area contributed by atoms with Gasteiger partial charge in [-0.25, -0.2) is 0 Å². The van der Waals surface area contributed by atoms with Gasteiger partial charge in [0.2, 0.25) is 0 Å². The van der Waals surface area contributed by atoms with Crippen molar-refractivity contribution < 1.29 is 0 Å². The number of nitrogens with one attached hydrogen (secondary N) is 1. The van der Waals surface area contributed by atoms with Gasteiger partial charge in [0.1, 0.15) is 0 Å². The summed E-state index contributed by atoms with van der Waals surface area (Å²) in [7, 11) is 2.25. The van der Waals surface area contributed by atoms with Crippen LogP contribution in [0, 0.1) is 11.8 Å². The maximum atomic E-state index is 5.97. The van der Waals surface area contributed by atoms with E-state index in [1.807, 2.05) is 12.1 Å². The Labute approximate surface area is 128 Å². The van der Waals surface area contributed by atoms with E-state index in [1.165, 1.54) is 18.5 Å². The lowest BCUT2D eigenvalue weighted by Crippen LogP contribution is -2.28. The van der Waals surface area contributed by atoms with Crippen molar-refractivity contribution in [3.8, 4) is 0 Å². The second kappa shape index (κ2) is 7.44. The fourth-order valence-electron chi connectivity index (χ4n) is 2.82. The minimum absolute atomic E-state index is 0.427. The minimum Gasteiger partial charge on any atom is -0.310 e. The van der Waals surface area contributed by atoms with Gasteiger partial charge in [0.25, 0.3) is 0 Å². The number of halogens is 1. The average Bonchev–Trinajstić information content (AvgIpc) is 3.11. The summed E-state index contributed by atoms with van der Waals surface area (Å²) in [4.78, 5) is 2.48. The third-order valence-electron chi connectivity index (χ3n) is 4.34. The predicted octanol–water partition coefficient (Wildman–Crippen LogP) is 3.97. The Morgan fingerprint density at radius 3 is 2.55 bits per heavy atom. The summed E-state index contributed by atoms with van der Waals surface area (Å²) in [5, 5.41) is 4.39. The quantitative estimate of drug-likeness (QED) is 0.780. The molecule has 3 unspecified atom stereocenters. The molecule has 0 radical (unpaired) electrons. The molecule has 0 spiro atoms. The smallest absolute Gasteiger partial charge is 0.0406 e. The molecule has 1 fully saturated rings. The zero-order valence-electron chi connectivity index (χ0n) is 12.9. The van der Waals surface area contributed by atoms with E-state index in [-0.39, 0.29) is 0 Å². The summed E-state index contributed by atoms with van der Waals surface area (Å²) in [5.41, 5.74) is 1.34. The summed E-state index contributed by atoms with van der Waals surface area (Å²) >= 11 is 5.97. The van der Waals surface area contributed by atoms with E-state index in [0.29, 0.717) is 6.04 Å². The lowest BCUT2D eigenvalue weighted by Gasteiger charge is -2.23. The van der Waals surface area contributed by atoms with Crippen molar-refractivity contribution in [2.75, 3.05) is 26.7 Å². The molecule has 1 aromatic carbocycles. The van der Waals surface area contributed by atoms with Crippen LogP contribution in [-0.4, -0.2) is 31.6 Å². The highest BCUT2D eigenvalue weighted by atomic mass is 35.5. The first-order chi connectivity index (χ1) is 9.60. The van der Waals surface area contributed by atoms with Crippen LogP contribution in [0.25, 0.3) is 0 Å². The average molecular weight is 295 g/mol. The lowest BCUT2D eigenvalue weighted by molar-refractivity contribution is 0.293. The molecule has 0 amide bonds. The molecule has 2 rings (SSSR count). The highest BCUT2D eigenvalue weighted by Gasteiger charge is 2.33. The molecule has 1 N–H and O–H groups in total. The standard InChI is InChI=1S/C17H27ClN2/c1-4-19-17(14-5-7-16(18)8-6-14)9-10-20(3)12-15-11-13(15)2/h5-8,13,15,17,19H,4,9-12H2,1-3H3. The molecule has 1 aromatic rings. The van der Waals surface area contributed by atoms with Gasteiger partial charge in [-0.05, 0) is 62.5 Å². The van der Waals surface area contributed by atoms with Gasteiger partial charge >= 0.3 is 0 Å². The lowest BCUT2D eigenvalue weighted by atomic mass is 10.0. The molecular weight excluding hydrogens is 268 g/mol. The Morgan fingerprint density at radius 2 is 2.00 bits per heavy atom. The number of benzene rings is 1. The number of rotatable bonds is 8. The molecule has 1 aliphatic carbocycles. The molecule has 3 heteroatoms. The predicted molar refractivity (Wildman–Crippen MR) is 87.3 cm³/mol. The number of nitrogens with zero attached hydrogens (tertiary/aromatic N) is 1. The van der Waals surface area contributed by atoms with Crippen molar-refractivity contribution >= 4 is 11.6 Å². The SMILES string of the molecule is CCNC(CCN(C)CC1CC1C)c1ccc(Cl)cc1. The van der Waals surface area contributed by atoms with E-state index in [4.69, 9.17) is 11.6 Å². The first-order valence-electron chi connectivity index (χ1n) is 7.77. The Balaban J connectivity index is 1.83. The van der Waals surface area contributed by atoms with Gasteiger partial charge in [-0.15, -0.1) is 0 Å². The van der Waals surface area contributed by atoms with Crippen LogP contribution in [-0.2, 0) is 0 Å². The topological polar surface area (TPSA) is 15.3 Å². The highest BCUT2D eigenvalue weighted by molar-refractivity contribution is 6.30. The van der Waals surface area contributed by atoms with E-state index in [1.54, 1.807) is 0 Å².